The lowest BCUT2D eigenvalue weighted by atomic mass is 10.0. The van der Waals surface area contributed by atoms with Crippen molar-refractivity contribution in [1.82, 2.24) is 5.32 Å². The lowest BCUT2D eigenvalue weighted by Crippen LogP contribution is -2.22. The SMILES string of the molecule is O=S(=O)(c1ccccc1)[C@H]1C[C@H]2CNC[C@H]2C1. The van der Waals surface area contributed by atoms with Crippen LogP contribution in [0.5, 0.6) is 0 Å². The minimum absolute atomic E-state index is 0.165. The van der Waals surface area contributed by atoms with E-state index in [0.29, 0.717) is 16.7 Å². The summed E-state index contributed by atoms with van der Waals surface area (Å²) in [5, 5.41) is 3.18. The van der Waals surface area contributed by atoms with Gasteiger partial charge in [-0.15, -0.1) is 0 Å². The average Bonchev–Trinajstić information content (AvgIpc) is 2.90. The molecule has 1 aliphatic heterocycles. The molecule has 1 heterocycles. The maximum absolute atomic E-state index is 12.4. The molecule has 0 spiro atoms. The van der Waals surface area contributed by atoms with Crippen molar-refractivity contribution in [3.63, 3.8) is 0 Å². The highest BCUT2D eigenvalue weighted by atomic mass is 32.2. The van der Waals surface area contributed by atoms with E-state index in [1.165, 1.54) is 0 Å². The molecule has 2 fully saturated rings. The van der Waals surface area contributed by atoms with Gasteiger partial charge >= 0.3 is 0 Å². The van der Waals surface area contributed by atoms with Gasteiger partial charge in [0.2, 0.25) is 0 Å². The molecule has 1 N–H and O–H groups in total. The Bertz CT molecular complexity index is 485. The van der Waals surface area contributed by atoms with Crippen LogP contribution in [0, 0.1) is 11.8 Å². The van der Waals surface area contributed by atoms with Crippen LogP contribution < -0.4 is 5.32 Å². The van der Waals surface area contributed by atoms with E-state index in [1.54, 1.807) is 24.3 Å². The van der Waals surface area contributed by atoms with Crippen molar-refractivity contribution in [3.05, 3.63) is 30.3 Å². The first-order valence-corrected chi connectivity index (χ1v) is 7.72. The number of sulfone groups is 1. The molecular weight excluding hydrogens is 234 g/mol. The molecule has 3 nitrogen and oxygen atoms in total. The second kappa shape index (κ2) is 4.10. The average molecular weight is 251 g/mol. The van der Waals surface area contributed by atoms with Crippen molar-refractivity contribution in [2.24, 2.45) is 11.8 Å². The van der Waals surface area contributed by atoms with Crippen molar-refractivity contribution >= 4 is 9.84 Å². The molecule has 2 aliphatic rings. The fourth-order valence-electron chi connectivity index (χ4n) is 3.17. The first kappa shape index (κ1) is 11.2. The van der Waals surface area contributed by atoms with E-state index >= 15 is 0 Å². The van der Waals surface area contributed by atoms with E-state index < -0.39 is 9.84 Å². The van der Waals surface area contributed by atoms with E-state index in [0.717, 1.165) is 25.9 Å². The Labute approximate surface area is 102 Å². The lowest BCUT2D eigenvalue weighted by Gasteiger charge is -2.12. The number of hydrogen-bond acceptors (Lipinski definition) is 3. The number of hydrogen-bond donors (Lipinski definition) is 1. The van der Waals surface area contributed by atoms with Crippen LogP contribution in [0.1, 0.15) is 12.8 Å². The number of nitrogens with one attached hydrogen (secondary N) is 1. The Morgan fingerprint density at radius 1 is 1.00 bits per heavy atom. The zero-order chi connectivity index (χ0) is 11.9. The number of fused-ring (bicyclic) bond motifs is 1. The molecule has 1 aliphatic carbocycles. The second-order valence-corrected chi connectivity index (χ2v) is 7.36. The molecular formula is C13H17NO2S. The first-order valence-electron chi connectivity index (χ1n) is 6.17. The fourth-order valence-corrected chi connectivity index (χ4v) is 5.09. The Kier molecular flexibility index (Phi) is 2.71. The summed E-state index contributed by atoms with van der Waals surface area (Å²) in [6.45, 7) is 1.98. The zero-order valence-electron chi connectivity index (χ0n) is 9.67. The minimum Gasteiger partial charge on any atom is -0.316 e. The van der Waals surface area contributed by atoms with Crippen LogP contribution in [0.3, 0.4) is 0 Å². The summed E-state index contributed by atoms with van der Waals surface area (Å²) in [5.41, 5.74) is 0. The third-order valence-corrected chi connectivity index (χ3v) is 6.31. The van der Waals surface area contributed by atoms with E-state index in [-0.39, 0.29) is 5.25 Å². The highest BCUT2D eigenvalue weighted by molar-refractivity contribution is 7.92. The van der Waals surface area contributed by atoms with E-state index in [2.05, 4.69) is 5.32 Å². The number of benzene rings is 1. The van der Waals surface area contributed by atoms with Crippen LogP contribution in [0.25, 0.3) is 0 Å². The molecule has 1 saturated carbocycles. The summed E-state index contributed by atoms with van der Waals surface area (Å²) >= 11 is 0. The summed E-state index contributed by atoms with van der Waals surface area (Å²) in [6, 6.07) is 8.87. The Hall–Kier alpha value is -0.870. The van der Waals surface area contributed by atoms with Crippen molar-refractivity contribution < 1.29 is 8.42 Å². The molecule has 0 radical (unpaired) electrons. The zero-order valence-corrected chi connectivity index (χ0v) is 10.5. The summed E-state index contributed by atoms with van der Waals surface area (Å²) in [4.78, 5) is 0.484. The monoisotopic (exact) mass is 251 g/mol. The van der Waals surface area contributed by atoms with Crippen molar-refractivity contribution in [1.29, 1.82) is 0 Å². The molecule has 0 bridgehead atoms. The van der Waals surface area contributed by atoms with Crippen molar-refractivity contribution in [2.75, 3.05) is 13.1 Å². The predicted octanol–water partition coefficient (Wildman–Crippen LogP) is 1.46. The van der Waals surface area contributed by atoms with Gasteiger partial charge in [0.1, 0.15) is 0 Å². The highest BCUT2D eigenvalue weighted by Crippen LogP contribution is 2.39. The molecule has 0 aromatic heterocycles. The number of rotatable bonds is 2. The molecule has 92 valence electrons. The molecule has 1 aromatic carbocycles. The predicted molar refractivity (Wildman–Crippen MR) is 66.5 cm³/mol. The molecule has 0 amide bonds. The van der Waals surface area contributed by atoms with Gasteiger partial charge in [-0.25, -0.2) is 8.42 Å². The molecule has 3 rings (SSSR count). The third kappa shape index (κ3) is 1.89. The molecule has 1 aromatic rings. The standard InChI is InChI=1S/C13H17NO2S/c15-17(16,12-4-2-1-3-5-12)13-6-10-8-14-9-11(10)7-13/h1-5,10-11,13-14H,6-9H2/t10-,11+,13-. The fraction of sp³-hybridized carbons (Fsp3) is 0.538. The summed E-state index contributed by atoms with van der Waals surface area (Å²) in [5.74, 6) is 1.14. The van der Waals surface area contributed by atoms with Gasteiger partial charge in [-0.2, -0.15) is 0 Å². The second-order valence-electron chi connectivity index (χ2n) is 5.13. The summed E-state index contributed by atoms with van der Waals surface area (Å²) < 4.78 is 24.9. The highest BCUT2D eigenvalue weighted by Gasteiger charge is 2.43. The molecule has 4 heteroatoms. The molecule has 17 heavy (non-hydrogen) atoms. The van der Waals surface area contributed by atoms with Crippen LogP contribution >= 0.6 is 0 Å². The Morgan fingerprint density at radius 2 is 1.59 bits per heavy atom. The summed E-state index contributed by atoms with van der Waals surface area (Å²) in [6.07, 6.45) is 1.66. The Morgan fingerprint density at radius 3 is 2.18 bits per heavy atom. The van der Waals surface area contributed by atoms with E-state index in [4.69, 9.17) is 0 Å². The maximum Gasteiger partial charge on any atom is 0.181 e. The van der Waals surface area contributed by atoms with Gasteiger partial charge < -0.3 is 5.32 Å². The van der Waals surface area contributed by atoms with Gasteiger partial charge in [0.05, 0.1) is 10.1 Å². The molecule has 3 atom stereocenters. The largest absolute Gasteiger partial charge is 0.316 e. The van der Waals surface area contributed by atoms with Crippen LogP contribution in [0.4, 0.5) is 0 Å². The molecule has 0 unspecified atom stereocenters. The van der Waals surface area contributed by atoms with E-state index in [1.807, 2.05) is 6.07 Å². The smallest absolute Gasteiger partial charge is 0.181 e. The van der Waals surface area contributed by atoms with Crippen molar-refractivity contribution in [2.45, 2.75) is 23.0 Å². The van der Waals surface area contributed by atoms with Crippen LogP contribution in [-0.2, 0) is 9.84 Å². The lowest BCUT2D eigenvalue weighted by molar-refractivity contribution is 0.494. The van der Waals surface area contributed by atoms with Gasteiger partial charge in [-0.05, 0) is 49.9 Å². The minimum atomic E-state index is -3.11. The Balaban J connectivity index is 1.86. The van der Waals surface area contributed by atoms with Gasteiger partial charge in [0, 0.05) is 0 Å². The van der Waals surface area contributed by atoms with Gasteiger partial charge in [0.25, 0.3) is 0 Å². The van der Waals surface area contributed by atoms with E-state index in [9.17, 15) is 8.42 Å². The normalized spacial score (nSPS) is 32.6. The molecule has 1 saturated heterocycles. The first-order chi connectivity index (χ1) is 8.18. The van der Waals surface area contributed by atoms with Gasteiger partial charge in [-0.1, -0.05) is 18.2 Å². The van der Waals surface area contributed by atoms with Crippen LogP contribution in [0.15, 0.2) is 35.2 Å². The third-order valence-electron chi connectivity index (χ3n) is 4.12. The quantitative estimate of drug-likeness (QED) is 0.865. The topological polar surface area (TPSA) is 46.2 Å². The van der Waals surface area contributed by atoms with Crippen molar-refractivity contribution in [3.8, 4) is 0 Å². The van der Waals surface area contributed by atoms with Gasteiger partial charge in [-0.3, -0.25) is 0 Å². The van der Waals surface area contributed by atoms with Crippen LogP contribution in [-0.4, -0.2) is 26.8 Å². The summed E-state index contributed by atoms with van der Waals surface area (Å²) in [7, 11) is -3.11. The van der Waals surface area contributed by atoms with Crippen LogP contribution in [0.2, 0.25) is 0 Å². The van der Waals surface area contributed by atoms with Gasteiger partial charge in [0.15, 0.2) is 9.84 Å². The maximum atomic E-state index is 12.4.